The van der Waals surface area contributed by atoms with Crippen molar-refractivity contribution in [1.29, 1.82) is 0 Å². The number of nitrogens with one attached hydrogen (secondary N) is 1. The summed E-state index contributed by atoms with van der Waals surface area (Å²) in [6.45, 7) is 0.400. The number of alkyl carbamates (subject to hydrolysis) is 1. The van der Waals surface area contributed by atoms with Crippen LogP contribution in [-0.4, -0.2) is 41.2 Å². The van der Waals surface area contributed by atoms with Gasteiger partial charge in [-0.2, -0.15) is 11.8 Å². The molecule has 0 fully saturated rings. The van der Waals surface area contributed by atoms with Gasteiger partial charge in [-0.25, -0.2) is 9.59 Å². The van der Waals surface area contributed by atoms with E-state index in [9.17, 15) is 14.7 Å². The van der Waals surface area contributed by atoms with Crippen molar-refractivity contribution in [3.63, 3.8) is 0 Å². The van der Waals surface area contributed by atoms with Crippen molar-refractivity contribution in [2.75, 3.05) is 12.9 Å². The summed E-state index contributed by atoms with van der Waals surface area (Å²) in [5.41, 5.74) is 1.50. The highest BCUT2D eigenvalue weighted by Gasteiger charge is 2.21. The van der Waals surface area contributed by atoms with Crippen molar-refractivity contribution in [3.8, 4) is 0 Å². The second-order valence-corrected chi connectivity index (χ2v) is 6.36. The summed E-state index contributed by atoms with van der Waals surface area (Å²) in [5, 5.41) is 15.5. The van der Waals surface area contributed by atoms with Crippen LogP contribution in [0, 0.1) is 0 Å². The molecule has 1 aromatic heterocycles. The minimum atomic E-state index is -1.13. The summed E-state index contributed by atoms with van der Waals surface area (Å²) in [6, 6.07) is 9.82. The number of thioether (sulfide) groups is 1. The second-order valence-electron chi connectivity index (χ2n) is 5.33. The first kappa shape index (κ1) is 19.8. The van der Waals surface area contributed by atoms with Gasteiger partial charge in [-0.3, -0.25) is 0 Å². The Bertz CT molecular complexity index is 706. The van der Waals surface area contributed by atoms with Crippen LogP contribution in [0.2, 0.25) is 0 Å². The number of amides is 1. The molecule has 0 aliphatic carbocycles. The lowest BCUT2D eigenvalue weighted by Crippen LogP contribution is -2.42. The monoisotopic (exact) mass is 380 g/mol. The zero-order valence-electron chi connectivity index (χ0n) is 14.2. The number of benzene rings is 1. The van der Waals surface area contributed by atoms with E-state index in [2.05, 4.69) is 10.5 Å². The van der Waals surface area contributed by atoms with Crippen molar-refractivity contribution in [2.24, 2.45) is 0 Å². The molecule has 0 saturated heterocycles. The van der Waals surface area contributed by atoms with E-state index in [1.54, 1.807) is 13.2 Å². The van der Waals surface area contributed by atoms with Gasteiger partial charge in [-0.15, -0.1) is 0 Å². The van der Waals surface area contributed by atoms with Crippen LogP contribution in [0.4, 0.5) is 4.79 Å². The number of methoxy groups -OCH3 is 1. The van der Waals surface area contributed by atoms with Crippen LogP contribution < -0.4 is 5.32 Å². The zero-order chi connectivity index (χ0) is 18.8. The normalized spacial score (nSPS) is 11.7. The largest absolute Gasteiger partial charge is 0.480 e. The van der Waals surface area contributed by atoms with Gasteiger partial charge in [0.1, 0.15) is 19.3 Å². The molecule has 140 valence electrons. The van der Waals surface area contributed by atoms with Gasteiger partial charge in [0.15, 0.2) is 5.76 Å². The predicted octanol–water partition coefficient (Wildman–Crippen LogP) is 2.43. The number of carboxylic acid groups (broad SMARTS) is 1. The molecule has 0 radical (unpaired) electrons. The second kappa shape index (κ2) is 10.5. The molecule has 2 aromatic rings. The minimum absolute atomic E-state index is 0.0768. The number of carbonyl (C=O) groups is 2. The molecule has 1 atom stereocenters. The van der Waals surface area contributed by atoms with Gasteiger partial charge in [-0.05, 0) is 5.56 Å². The van der Waals surface area contributed by atoms with Gasteiger partial charge < -0.3 is 24.4 Å². The highest BCUT2D eigenvalue weighted by Crippen LogP contribution is 2.14. The van der Waals surface area contributed by atoms with Crippen molar-refractivity contribution in [3.05, 3.63) is 53.4 Å². The van der Waals surface area contributed by atoms with Crippen molar-refractivity contribution in [2.45, 2.75) is 25.0 Å². The van der Waals surface area contributed by atoms with Gasteiger partial charge >= 0.3 is 12.1 Å². The topological polar surface area (TPSA) is 111 Å². The van der Waals surface area contributed by atoms with Crippen molar-refractivity contribution >= 4 is 23.8 Å². The number of aromatic nitrogens is 1. The number of rotatable bonds is 10. The Balaban J connectivity index is 1.74. The Labute approximate surface area is 154 Å². The summed E-state index contributed by atoms with van der Waals surface area (Å²) in [6.07, 6.45) is -0.773. The number of carboxylic acids is 1. The van der Waals surface area contributed by atoms with Crippen LogP contribution in [-0.2, 0) is 33.2 Å². The Kier molecular flexibility index (Phi) is 7.97. The fraction of sp³-hybridized carbons (Fsp3) is 0.353. The van der Waals surface area contributed by atoms with Crippen LogP contribution in [0.3, 0.4) is 0 Å². The van der Waals surface area contributed by atoms with Gasteiger partial charge in [0, 0.05) is 24.7 Å². The maximum absolute atomic E-state index is 11.8. The molecule has 1 heterocycles. The van der Waals surface area contributed by atoms with E-state index in [-0.39, 0.29) is 12.4 Å². The van der Waals surface area contributed by atoms with Gasteiger partial charge in [0.25, 0.3) is 0 Å². The third kappa shape index (κ3) is 6.77. The molecule has 9 heteroatoms. The Morgan fingerprint density at radius 2 is 2.08 bits per heavy atom. The Morgan fingerprint density at radius 1 is 1.31 bits per heavy atom. The van der Waals surface area contributed by atoms with Crippen LogP contribution in [0.5, 0.6) is 0 Å². The summed E-state index contributed by atoms with van der Waals surface area (Å²) in [4.78, 5) is 23.1. The molecule has 0 aliphatic heterocycles. The summed E-state index contributed by atoms with van der Waals surface area (Å²) in [7, 11) is 1.55. The molecule has 1 unspecified atom stereocenters. The van der Waals surface area contributed by atoms with Crippen molar-refractivity contribution in [1.82, 2.24) is 10.5 Å². The number of hydrogen-bond acceptors (Lipinski definition) is 7. The molecule has 8 nitrogen and oxygen atoms in total. The summed E-state index contributed by atoms with van der Waals surface area (Å²) < 4.78 is 15.0. The smallest absolute Gasteiger partial charge is 0.408 e. The molecular weight excluding hydrogens is 360 g/mol. The van der Waals surface area contributed by atoms with Crippen molar-refractivity contribution < 1.29 is 28.7 Å². The quantitative estimate of drug-likeness (QED) is 0.646. The standard InChI is InChI=1S/C17H20N2O6S/c1-23-9-14-7-13(19-25-14)10-26-11-15(16(20)21)18-17(22)24-8-12-5-3-2-4-6-12/h2-7,15H,8-11H2,1H3,(H,18,22)(H,20,21). The molecule has 0 bridgehead atoms. The number of ether oxygens (including phenoxy) is 2. The van der Waals surface area contributed by atoms with Gasteiger partial charge in [0.05, 0.1) is 5.69 Å². The van der Waals surface area contributed by atoms with E-state index < -0.39 is 18.1 Å². The van der Waals surface area contributed by atoms with E-state index in [1.807, 2.05) is 30.3 Å². The summed E-state index contributed by atoms with van der Waals surface area (Å²) in [5.74, 6) is 0.0925. The number of carbonyl (C=O) groups excluding carboxylic acids is 1. The third-order valence-corrected chi connectivity index (χ3v) is 4.30. The molecule has 1 aromatic carbocycles. The SMILES string of the molecule is COCc1cc(CSCC(NC(=O)OCc2ccccc2)C(=O)O)no1. The number of aliphatic carboxylic acids is 1. The first-order valence-corrected chi connectivity index (χ1v) is 8.95. The first-order valence-electron chi connectivity index (χ1n) is 7.79. The van der Waals surface area contributed by atoms with E-state index in [0.29, 0.717) is 23.8 Å². The number of hydrogen-bond donors (Lipinski definition) is 2. The van der Waals surface area contributed by atoms with Gasteiger partial charge in [0.2, 0.25) is 0 Å². The average molecular weight is 380 g/mol. The highest BCUT2D eigenvalue weighted by molar-refractivity contribution is 7.98. The van der Waals surface area contributed by atoms with Crippen LogP contribution in [0.1, 0.15) is 17.0 Å². The maximum Gasteiger partial charge on any atom is 0.408 e. The molecule has 2 N–H and O–H groups in total. The highest BCUT2D eigenvalue weighted by atomic mass is 32.2. The molecule has 0 spiro atoms. The summed E-state index contributed by atoms with van der Waals surface area (Å²) >= 11 is 1.32. The fourth-order valence-corrected chi connectivity index (χ4v) is 2.92. The molecule has 0 aliphatic rings. The molecule has 26 heavy (non-hydrogen) atoms. The fourth-order valence-electron chi connectivity index (χ4n) is 2.00. The van der Waals surface area contributed by atoms with Gasteiger partial charge in [-0.1, -0.05) is 35.5 Å². The molecular formula is C17H20N2O6S. The van der Waals surface area contributed by atoms with Crippen LogP contribution in [0.15, 0.2) is 40.9 Å². The lowest BCUT2D eigenvalue weighted by atomic mass is 10.2. The minimum Gasteiger partial charge on any atom is -0.480 e. The van der Waals surface area contributed by atoms with E-state index >= 15 is 0 Å². The Hall–Kier alpha value is -2.52. The molecule has 2 rings (SSSR count). The first-order chi connectivity index (χ1) is 12.6. The van der Waals surface area contributed by atoms with Crippen LogP contribution in [0.25, 0.3) is 0 Å². The average Bonchev–Trinajstić information content (AvgIpc) is 3.07. The lowest BCUT2D eigenvalue weighted by Gasteiger charge is -2.14. The Morgan fingerprint density at radius 3 is 2.77 bits per heavy atom. The molecule has 0 saturated carbocycles. The lowest BCUT2D eigenvalue weighted by molar-refractivity contribution is -0.138. The maximum atomic E-state index is 11.8. The van der Waals surface area contributed by atoms with E-state index in [4.69, 9.17) is 14.0 Å². The predicted molar refractivity (Wildman–Crippen MR) is 94.6 cm³/mol. The van der Waals surface area contributed by atoms with Crippen LogP contribution >= 0.6 is 11.8 Å². The van der Waals surface area contributed by atoms with E-state index in [1.165, 1.54) is 11.8 Å². The third-order valence-electron chi connectivity index (χ3n) is 3.23. The zero-order valence-corrected chi connectivity index (χ0v) is 15.0. The number of nitrogens with zero attached hydrogens (tertiary/aromatic N) is 1. The molecule has 1 amide bonds. The van der Waals surface area contributed by atoms with E-state index in [0.717, 1.165) is 5.56 Å².